The van der Waals surface area contributed by atoms with E-state index < -0.39 is 0 Å². The molecule has 0 bridgehead atoms. The number of aliphatic hydroxyl groups is 1. The van der Waals surface area contributed by atoms with Crippen LogP contribution in [0.3, 0.4) is 0 Å². The molecule has 0 saturated carbocycles. The van der Waals surface area contributed by atoms with Crippen molar-refractivity contribution >= 4 is 5.97 Å². The van der Waals surface area contributed by atoms with Gasteiger partial charge in [0.15, 0.2) is 0 Å². The van der Waals surface area contributed by atoms with Gasteiger partial charge in [0, 0.05) is 6.42 Å². The third kappa shape index (κ3) is 6.82. The first kappa shape index (κ1) is 15.5. The smallest absolute Gasteiger partial charge is 0.305 e. The molecular formula is C15H22O4. The molecule has 0 radical (unpaired) electrons. The lowest BCUT2D eigenvalue weighted by molar-refractivity contribution is -0.143. The van der Waals surface area contributed by atoms with Crippen LogP contribution in [0.5, 0.6) is 5.75 Å². The molecule has 0 aliphatic rings. The van der Waals surface area contributed by atoms with E-state index in [1.54, 1.807) is 0 Å². The Hall–Kier alpha value is -1.55. The molecule has 1 aromatic carbocycles. The monoisotopic (exact) mass is 266 g/mol. The Labute approximate surface area is 114 Å². The Kier molecular flexibility index (Phi) is 7.66. The Morgan fingerprint density at radius 3 is 2.53 bits per heavy atom. The van der Waals surface area contributed by atoms with Gasteiger partial charge in [0.2, 0.25) is 0 Å². The fourth-order valence-electron chi connectivity index (χ4n) is 1.66. The van der Waals surface area contributed by atoms with Crippen molar-refractivity contribution in [2.75, 3.05) is 13.2 Å². The highest BCUT2D eigenvalue weighted by molar-refractivity contribution is 5.69. The molecule has 0 atom stereocenters. The molecule has 106 valence electrons. The van der Waals surface area contributed by atoms with E-state index in [9.17, 15) is 4.79 Å². The number of esters is 1. The van der Waals surface area contributed by atoms with Crippen LogP contribution in [0.15, 0.2) is 24.3 Å². The maximum atomic E-state index is 11.1. The van der Waals surface area contributed by atoms with Gasteiger partial charge in [-0.1, -0.05) is 12.1 Å². The summed E-state index contributed by atoms with van der Waals surface area (Å²) in [4.78, 5) is 11.1. The van der Waals surface area contributed by atoms with E-state index in [1.807, 2.05) is 31.2 Å². The summed E-state index contributed by atoms with van der Waals surface area (Å²) in [6, 6.07) is 7.39. The van der Waals surface area contributed by atoms with Crippen LogP contribution in [0.25, 0.3) is 0 Å². The van der Waals surface area contributed by atoms with Gasteiger partial charge in [0.1, 0.15) is 5.75 Å². The lowest BCUT2D eigenvalue weighted by atomic mass is 10.2. The number of ether oxygens (including phenoxy) is 2. The third-order valence-corrected chi connectivity index (χ3v) is 2.71. The molecule has 1 aromatic rings. The molecule has 0 spiro atoms. The predicted molar refractivity (Wildman–Crippen MR) is 73.0 cm³/mol. The molecule has 4 heteroatoms. The van der Waals surface area contributed by atoms with Crippen molar-refractivity contribution in [3.8, 4) is 5.75 Å². The lowest BCUT2D eigenvalue weighted by Gasteiger charge is -2.06. The maximum Gasteiger partial charge on any atom is 0.305 e. The fraction of sp³-hybridized carbons (Fsp3) is 0.533. The molecular weight excluding hydrogens is 244 g/mol. The predicted octanol–water partition coefficient (Wildman–Crippen LogP) is 2.68. The molecule has 1 N–H and O–H groups in total. The number of benzene rings is 1. The van der Waals surface area contributed by atoms with Gasteiger partial charge in [-0.25, -0.2) is 0 Å². The lowest BCUT2D eigenvalue weighted by Crippen LogP contribution is -2.04. The van der Waals surface area contributed by atoms with Gasteiger partial charge in [-0.2, -0.15) is 0 Å². The van der Waals surface area contributed by atoms with Crippen LogP contribution < -0.4 is 4.74 Å². The van der Waals surface area contributed by atoms with Gasteiger partial charge >= 0.3 is 5.97 Å². The second-order valence-electron chi connectivity index (χ2n) is 4.27. The number of rotatable bonds is 9. The quantitative estimate of drug-likeness (QED) is 0.551. The largest absolute Gasteiger partial charge is 0.494 e. The topological polar surface area (TPSA) is 55.8 Å². The van der Waals surface area contributed by atoms with Crippen LogP contribution >= 0.6 is 0 Å². The van der Waals surface area contributed by atoms with Crippen molar-refractivity contribution in [1.82, 2.24) is 0 Å². The van der Waals surface area contributed by atoms with E-state index in [-0.39, 0.29) is 12.6 Å². The standard InChI is InChI=1S/C15H22O4/c1-2-18-15(17)6-4-3-5-11-19-14-9-7-13(12-16)8-10-14/h7-10,16H,2-6,11-12H2,1H3. The van der Waals surface area contributed by atoms with Crippen LogP contribution in [0.2, 0.25) is 0 Å². The van der Waals surface area contributed by atoms with Crippen molar-refractivity contribution in [2.45, 2.75) is 39.2 Å². The van der Waals surface area contributed by atoms with Crippen LogP contribution in [0, 0.1) is 0 Å². The molecule has 0 aromatic heterocycles. The first-order valence-corrected chi connectivity index (χ1v) is 6.74. The molecule has 19 heavy (non-hydrogen) atoms. The van der Waals surface area contributed by atoms with E-state index in [4.69, 9.17) is 14.6 Å². The number of hydrogen-bond donors (Lipinski definition) is 1. The van der Waals surface area contributed by atoms with E-state index in [2.05, 4.69) is 0 Å². The number of carbonyl (C=O) groups is 1. The minimum absolute atomic E-state index is 0.0497. The van der Waals surface area contributed by atoms with Crippen molar-refractivity contribution in [3.05, 3.63) is 29.8 Å². The molecule has 0 fully saturated rings. The third-order valence-electron chi connectivity index (χ3n) is 2.71. The van der Waals surface area contributed by atoms with E-state index in [1.165, 1.54) is 0 Å². The second-order valence-corrected chi connectivity index (χ2v) is 4.27. The van der Waals surface area contributed by atoms with Gasteiger partial charge in [-0.3, -0.25) is 4.79 Å². The second kappa shape index (κ2) is 9.39. The Bertz CT molecular complexity index is 359. The zero-order chi connectivity index (χ0) is 13.9. The van der Waals surface area contributed by atoms with Crippen LogP contribution in [-0.2, 0) is 16.1 Å². The zero-order valence-electron chi connectivity index (χ0n) is 11.4. The van der Waals surface area contributed by atoms with Gasteiger partial charge in [-0.15, -0.1) is 0 Å². The highest BCUT2D eigenvalue weighted by Crippen LogP contribution is 2.13. The summed E-state index contributed by atoms with van der Waals surface area (Å²) in [5.41, 5.74) is 0.877. The molecule has 0 unspecified atom stereocenters. The SMILES string of the molecule is CCOC(=O)CCCCCOc1ccc(CO)cc1. The minimum atomic E-state index is -0.122. The maximum absolute atomic E-state index is 11.1. The summed E-state index contributed by atoms with van der Waals surface area (Å²) in [5.74, 6) is 0.686. The zero-order valence-corrected chi connectivity index (χ0v) is 11.4. The molecule has 1 rings (SSSR count). The summed E-state index contributed by atoms with van der Waals surface area (Å²) in [6.07, 6.45) is 3.19. The van der Waals surface area contributed by atoms with E-state index >= 15 is 0 Å². The van der Waals surface area contributed by atoms with Crippen molar-refractivity contribution in [1.29, 1.82) is 0 Å². The van der Waals surface area contributed by atoms with Gasteiger partial charge < -0.3 is 14.6 Å². The summed E-state index contributed by atoms with van der Waals surface area (Å²) in [6.45, 7) is 2.95. The molecule has 0 aliphatic heterocycles. The summed E-state index contributed by atoms with van der Waals surface area (Å²) in [7, 11) is 0. The normalized spacial score (nSPS) is 10.2. The Morgan fingerprint density at radius 1 is 1.16 bits per heavy atom. The Balaban J connectivity index is 2.05. The highest BCUT2D eigenvalue weighted by atomic mass is 16.5. The van der Waals surface area contributed by atoms with E-state index in [0.29, 0.717) is 19.6 Å². The molecule has 0 aliphatic carbocycles. The molecule has 0 amide bonds. The number of unbranched alkanes of at least 4 members (excludes halogenated alkanes) is 2. The molecule has 0 saturated heterocycles. The highest BCUT2D eigenvalue weighted by Gasteiger charge is 2.01. The van der Waals surface area contributed by atoms with Crippen LogP contribution in [-0.4, -0.2) is 24.3 Å². The van der Waals surface area contributed by atoms with Crippen LogP contribution in [0.4, 0.5) is 0 Å². The summed E-state index contributed by atoms with van der Waals surface area (Å²) >= 11 is 0. The van der Waals surface area contributed by atoms with E-state index in [0.717, 1.165) is 30.6 Å². The van der Waals surface area contributed by atoms with Crippen molar-refractivity contribution < 1.29 is 19.4 Å². The van der Waals surface area contributed by atoms with Gasteiger partial charge in [0.05, 0.1) is 19.8 Å². The molecule has 4 nitrogen and oxygen atoms in total. The summed E-state index contributed by atoms with van der Waals surface area (Å²) in [5, 5.41) is 8.91. The first-order valence-electron chi connectivity index (χ1n) is 6.74. The number of aliphatic hydroxyl groups excluding tert-OH is 1. The van der Waals surface area contributed by atoms with Crippen LogP contribution in [0.1, 0.15) is 38.2 Å². The van der Waals surface area contributed by atoms with Crippen molar-refractivity contribution in [3.63, 3.8) is 0 Å². The van der Waals surface area contributed by atoms with Gasteiger partial charge in [0.25, 0.3) is 0 Å². The first-order chi connectivity index (χ1) is 9.26. The summed E-state index contributed by atoms with van der Waals surface area (Å²) < 4.78 is 10.4. The average molecular weight is 266 g/mol. The number of hydrogen-bond acceptors (Lipinski definition) is 4. The average Bonchev–Trinajstić information content (AvgIpc) is 2.43. The van der Waals surface area contributed by atoms with Crippen molar-refractivity contribution in [2.24, 2.45) is 0 Å². The fourth-order valence-corrected chi connectivity index (χ4v) is 1.66. The molecule has 0 heterocycles. The van der Waals surface area contributed by atoms with Gasteiger partial charge in [-0.05, 0) is 43.9 Å². The Morgan fingerprint density at radius 2 is 1.89 bits per heavy atom. The number of carbonyl (C=O) groups excluding carboxylic acids is 1. The minimum Gasteiger partial charge on any atom is -0.494 e.